The molecule has 0 spiro atoms. The van der Waals surface area contributed by atoms with Crippen LogP contribution in [0.4, 0.5) is 0 Å². The Morgan fingerprint density at radius 1 is 0.205 bits per heavy atom. The monoisotopic (exact) mass is 987 g/mol. The van der Waals surface area contributed by atoms with Crippen LogP contribution < -0.4 is 0 Å². The molecule has 78 heavy (non-hydrogen) atoms. The lowest BCUT2D eigenvalue weighted by Crippen LogP contribution is -1.95. The third kappa shape index (κ3) is 7.24. The van der Waals surface area contributed by atoms with Crippen molar-refractivity contribution in [1.82, 2.24) is 4.57 Å². The van der Waals surface area contributed by atoms with E-state index in [1.54, 1.807) is 0 Å². The van der Waals surface area contributed by atoms with Gasteiger partial charge in [0.2, 0.25) is 0 Å². The van der Waals surface area contributed by atoms with Crippen molar-refractivity contribution in [2.24, 2.45) is 0 Å². The van der Waals surface area contributed by atoms with Gasteiger partial charge in [0, 0.05) is 16.5 Å². The Balaban J connectivity index is 0.786. The standard InChI is InChI=1S/C77H49N/c1-2-12-49(13-3-1)50-22-24-51(25-23-50)56-34-38-66-61(42-56)43-62-44-63(37-39-67(62)66)78-76-40-35-57(52-26-30-54(31-27-52)72-47-59-14-4-6-16-64(59)68-18-8-10-20-70(68)72)45-74(76)75-46-58(36-41-77(75)78)53-28-32-55(33-29-53)73-48-60-15-5-7-17-65(60)69-19-9-11-21-71(69)73/h1-42,44-48H,43H2. The summed E-state index contributed by atoms with van der Waals surface area (Å²) >= 11 is 0. The SMILES string of the molecule is c1ccc(-c2ccc(-c3ccc4c(c3)Cc3cc(-n5c6ccc(-c7ccc(-c8cc9ccccc9c9ccccc89)cc7)cc6c6cc(-c7ccc(-c8cc9ccccc9c9ccccc89)cc7)ccc65)ccc3-4)cc2)cc1. The zero-order valence-corrected chi connectivity index (χ0v) is 42.8. The normalized spacial score (nSPS) is 12.1. The van der Waals surface area contributed by atoms with Crippen LogP contribution in [0, 0.1) is 0 Å². The first-order valence-electron chi connectivity index (χ1n) is 27.2. The summed E-state index contributed by atoms with van der Waals surface area (Å²) in [6, 6.07) is 106. The molecule has 14 aromatic carbocycles. The molecule has 0 aliphatic heterocycles. The molecule has 1 aliphatic rings. The maximum Gasteiger partial charge on any atom is 0.0541 e. The summed E-state index contributed by atoms with van der Waals surface area (Å²) in [4.78, 5) is 0. The first kappa shape index (κ1) is 44.2. The number of hydrogen-bond acceptors (Lipinski definition) is 0. The fraction of sp³-hybridized carbons (Fsp3) is 0.0130. The average molecular weight is 988 g/mol. The van der Waals surface area contributed by atoms with Crippen LogP contribution in [0.1, 0.15) is 11.1 Å². The maximum atomic E-state index is 2.49. The number of rotatable bonds is 7. The average Bonchev–Trinajstić information content (AvgIpc) is 4.19. The van der Waals surface area contributed by atoms with Gasteiger partial charge in [0.05, 0.1) is 11.0 Å². The molecule has 0 radical (unpaired) electrons. The summed E-state index contributed by atoms with van der Waals surface area (Å²) in [5.41, 5.74) is 23.7. The molecule has 0 unspecified atom stereocenters. The van der Waals surface area contributed by atoms with Crippen molar-refractivity contribution >= 4 is 64.9 Å². The molecule has 0 amide bonds. The molecule has 1 aliphatic carbocycles. The van der Waals surface area contributed by atoms with Crippen molar-refractivity contribution in [1.29, 1.82) is 0 Å². The number of nitrogens with zero attached hydrogens (tertiary/aromatic N) is 1. The summed E-state index contributed by atoms with van der Waals surface area (Å²) in [5, 5.41) is 12.7. The van der Waals surface area contributed by atoms with E-state index in [-0.39, 0.29) is 0 Å². The zero-order valence-electron chi connectivity index (χ0n) is 42.8. The maximum absolute atomic E-state index is 2.49. The van der Waals surface area contributed by atoms with Gasteiger partial charge in [-0.1, -0.05) is 237 Å². The minimum absolute atomic E-state index is 0.899. The van der Waals surface area contributed by atoms with E-state index >= 15 is 0 Å². The molecule has 1 aromatic heterocycles. The molecule has 0 saturated carbocycles. The molecule has 1 nitrogen and oxygen atoms in total. The van der Waals surface area contributed by atoms with E-state index in [2.05, 4.69) is 290 Å². The third-order valence-electron chi connectivity index (χ3n) is 16.8. The van der Waals surface area contributed by atoms with Crippen LogP contribution in [0.25, 0.3) is 148 Å². The van der Waals surface area contributed by atoms with Crippen molar-refractivity contribution in [3.63, 3.8) is 0 Å². The minimum atomic E-state index is 0.899. The molecule has 0 atom stereocenters. The third-order valence-corrected chi connectivity index (χ3v) is 16.8. The molecule has 362 valence electrons. The smallest absolute Gasteiger partial charge is 0.0541 e. The first-order valence-corrected chi connectivity index (χ1v) is 27.2. The second-order valence-corrected chi connectivity index (χ2v) is 21.2. The van der Waals surface area contributed by atoms with E-state index in [0.717, 1.165) is 6.42 Å². The number of aromatic nitrogens is 1. The highest BCUT2D eigenvalue weighted by atomic mass is 15.0. The zero-order chi connectivity index (χ0) is 51.3. The van der Waals surface area contributed by atoms with Gasteiger partial charge in [0.1, 0.15) is 0 Å². The number of benzene rings is 14. The largest absolute Gasteiger partial charge is 0.309 e. The Morgan fingerprint density at radius 3 is 1.08 bits per heavy atom. The van der Waals surface area contributed by atoms with E-state index < -0.39 is 0 Å². The van der Waals surface area contributed by atoms with E-state index in [9.17, 15) is 0 Å². The molecule has 15 aromatic rings. The van der Waals surface area contributed by atoms with E-state index in [1.807, 2.05) is 0 Å². The van der Waals surface area contributed by atoms with Crippen molar-refractivity contribution in [2.45, 2.75) is 6.42 Å². The summed E-state index contributed by atoms with van der Waals surface area (Å²) in [6.07, 6.45) is 0.899. The van der Waals surface area contributed by atoms with Gasteiger partial charge in [-0.2, -0.15) is 0 Å². The van der Waals surface area contributed by atoms with Gasteiger partial charge < -0.3 is 4.57 Å². The molecule has 0 N–H and O–H groups in total. The second kappa shape index (κ2) is 17.8. The summed E-state index contributed by atoms with van der Waals surface area (Å²) in [6.45, 7) is 0. The van der Waals surface area contributed by atoms with Crippen molar-refractivity contribution in [2.75, 3.05) is 0 Å². The molecule has 0 fully saturated rings. The van der Waals surface area contributed by atoms with Crippen LogP contribution in [-0.2, 0) is 6.42 Å². The van der Waals surface area contributed by atoms with E-state index in [1.165, 1.54) is 160 Å². The molecular weight excluding hydrogens is 939 g/mol. The van der Waals surface area contributed by atoms with Crippen LogP contribution in [0.5, 0.6) is 0 Å². The van der Waals surface area contributed by atoms with Crippen molar-refractivity contribution < 1.29 is 0 Å². The molecule has 0 saturated heterocycles. The van der Waals surface area contributed by atoms with Crippen molar-refractivity contribution in [3.8, 4) is 83.6 Å². The Morgan fingerprint density at radius 2 is 0.564 bits per heavy atom. The van der Waals surface area contributed by atoms with E-state index in [0.29, 0.717) is 0 Å². The molecule has 0 bridgehead atoms. The van der Waals surface area contributed by atoms with Crippen LogP contribution in [0.2, 0.25) is 0 Å². The topological polar surface area (TPSA) is 4.93 Å². The van der Waals surface area contributed by atoms with Gasteiger partial charge in [0.25, 0.3) is 0 Å². The van der Waals surface area contributed by atoms with Crippen LogP contribution in [-0.4, -0.2) is 4.57 Å². The van der Waals surface area contributed by atoms with E-state index in [4.69, 9.17) is 0 Å². The van der Waals surface area contributed by atoms with Crippen molar-refractivity contribution in [3.05, 3.63) is 296 Å². The van der Waals surface area contributed by atoms with Gasteiger partial charge in [0.15, 0.2) is 0 Å². The highest BCUT2D eigenvalue weighted by molar-refractivity contribution is 6.16. The quantitative estimate of drug-likeness (QED) is 0.140. The number of fused-ring (bicyclic) bond motifs is 12. The first-order chi connectivity index (χ1) is 38.6. The van der Waals surface area contributed by atoms with Crippen LogP contribution in [0.15, 0.2) is 285 Å². The Bertz CT molecular complexity index is 4670. The summed E-state index contributed by atoms with van der Waals surface area (Å²) in [5.74, 6) is 0. The van der Waals surface area contributed by atoms with Gasteiger partial charge in [-0.25, -0.2) is 0 Å². The lowest BCUT2D eigenvalue weighted by molar-refractivity contribution is 1.16. The lowest BCUT2D eigenvalue weighted by Gasteiger charge is -2.12. The Kier molecular flexibility index (Phi) is 10.1. The summed E-state index contributed by atoms with van der Waals surface area (Å²) < 4.78 is 2.49. The second-order valence-electron chi connectivity index (χ2n) is 21.2. The number of hydrogen-bond donors (Lipinski definition) is 0. The molecule has 1 heterocycles. The fourth-order valence-corrected chi connectivity index (χ4v) is 12.9. The van der Waals surface area contributed by atoms with Gasteiger partial charge >= 0.3 is 0 Å². The van der Waals surface area contributed by atoms with Gasteiger partial charge in [-0.05, 0) is 187 Å². The lowest BCUT2D eigenvalue weighted by atomic mass is 9.92. The highest BCUT2D eigenvalue weighted by Gasteiger charge is 2.22. The van der Waals surface area contributed by atoms with Crippen LogP contribution >= 0.6 is 0 Å². The van der Waals surface area contributed by atoms with Crippen LogP contribution in [0.3, 0.4) is 0 Å². The highest BCUT2D eigenvalue weighted by Crippen LogP contribution is 2.44. The fourth-order valence-electron chi connectivity index (χ4n) is 12.9. The Hall–Kier alpha value is -10.1. The Labute approximate surface area is 453 Å². The van der Waals surface area contributed by atoms with Gasteiger partial charge in [-0.15, -0.1) is 0 Å². The molecule has 16 rings (SSSR count). The summed E-state index contributed by atoms with van der Waals surface area (Å²) in [7, 11) is 0. The predicted molar refractivity (Wildman–Crippen MR) is 332 cm³/mol. The minimum Gasteiger partial charge on any atom is -0.309 e. The predicted octanol–water partition coefficient (Wildman–Crippen LogP) is 21.0. The molecule has 1 heteroatoms. The van der Waals surface area contributed by atoms with Gasteiger partial charge in [-0.3, -0.25) is 0 Å². The molecular formula is C77H49N.